The Hall–Kier alpha value is -1.40. The van der Waals surface area contributed by atoms with Crippen LogP contribution in [0.1, 0.15) is 58.4 Å². The van der Waals surface area contributed by atoms with Crippen molar-refractivity contribution >= 4 is 21.6 Å². The van der Waals surface area contributed by atoms with E-state index in [1.807, 2.05) is 17.9 Å². The molecule has 2 fully saturated rings. The van der Waals surface area contributed by atoms with Gasteiger partial charge in [0.25, 0.3) is 0 Å². The van der Waals surface area contributed by atoms with Crippen molar-refractivity contribution in [1.29, 1.82) is 0 Å². The summed E-state index contributed by atoms with van der Waals surface area (Å²) in [5.41, 5.74) is 1.85. The Bertz CT molecular complexity index is 847. The lowest BCUT2D eigenvalue weighted by molar-refractivity contribution is -0.120. The third-order valence-electron chi connectivity index (χ3n) is 6.75. The molecule has 1 amide bonds. The van der Waals surface area contributed by atoms with E-state index in [9.17, 15) is 13.2 Å². The Balaban J connectivity index is 1.56. The van der Waals surface area contributed by atoms with Crippen molar-refractivity contribution in [3.05, 3.63) is 23.8 Å². The van der Waals surface area contributed by atoms with E-state index in [-0.39, 0.29) is 23.9 Å². The average molecular weight is 391 g/mol. The topological polar surface area (TPSA) is 66.5 Å². The number of sulfonamides is 1. The number of fused-ring (bicyclic) bond motifs is 1. The minimum atomic E-state index is -3.55. The predicted molar refractivity (Wildman–Crippen MR) is 106 cm³/mol. The van der Waals surface area contributed by atoms with Crippen LogP contribution < -0.4 is 9.62 Å². The molecule has 0 spiro atoms. The monoisotopic (exact) mass is 390 g/mol. The quantitative estimate of drug-likeness (QED) is 0.856. The highest BCUT2D eigenvalue weighted by atomic mass is 32.2. The van der Waals surface area contributed by atoms with E-state index in [2.05, 4.69) is 18.6 Å². The molecule has 5 nitrogen and oxygen atoms in total. The smallest absolute Gasteiger partial charge is 0.240 e. The van der Waals surface area contributed by atoms with E-state index >= 15 is 0 Å². The van der Waals surface area contributed by atoms with Gasteiger partial charge in [0.15, 0.2) is 0 Å². The van der Waals surface area contributed by atoms with Crippen LogP contribution in [0.3, 0.4) is 0 Å². The maximum atomic E-state index is 13.0. The van der Waals surface area contributed by atoms with E-state index in [0.29, 0.717) is 23.2 Å². The fourth-order valence-corrected chi connectivity index (χ4v) is 6.06. The first-order valence-corrected chi connectivity index (χ1v) is 11.7. The number of carbonyl (C=O) groups is 1. The van der Waals surface area contributed by atoms with Crippen molar-refractivity contribution in [2.24, 2.45) is 17.8 Å². The second-order valence-corrected chi connectivity index (χ2v) is 10.5. The van der Waals surface area contributed by atoms with Crippen molar-refractivity contribution in [2.75, 3.05) is 4.90 Å². The molecule has 1 heterocycles. The van der Waals surface area contributed by atoms with Gasteiger partial charge < -0.3 is 4.90 Å². The molecule has 4 atom stereocenters. The Morgan fingerprint density at radius 1 is 1.11 bits per heavy atom. The Labute approximate surface area is 162 Å². The van der Waals surface area contributed by atoms with Gasteiger partial charge >= 0.3 is 0 Å². The normalized spacial score (nSPS) is 31.0. The van der Waals surface area contributed by atoms with Crippen LogP contribution in [0.4, 0.5) is 5.69 Å². The van der Waals surface area contributed by atoms with Crippen molar-refractivity contribution < 1.29 is 13.2 Å². The van der Waals surface area contributed by atoms with E-state index in [4.69, 9.17) is 0 Å². The van der Waals surface area contributed by atoms with Crippen LogP contribution in [0.15, 0.2) is 23.1 Å². The fourth-order valence-electron chi connectivity index (χ4n) is 4.65. The molecule has 0 aromatic heterocycles. The minimum absolute atomic E-state index is 0.00105. The first-order valence-electron chi connectivity index (χ1n) is 10.3. The summed E-state index contributed by atoms with van der Waals surface area (Å²) in [6, 6.07) is 5.34. The average Bonchev–Trinajstić information content (AvgIpc) is 3.40. The molecule has 27 heavy (non-hydrogen) atoms. The molecule has 0 unspecified atom stereocenters. The van der Waals surface area contributed by atoms with Crippen LogP contribution in [0.5, 0.6) is 0 Å². The summed E-state index contributed by atoms with van der Waals surface area (Å²) in [6.07, 6.45) is 5.81. The maximum Gasteiger partial charge on any atom is 0.240 e. The number of nitrogens with zero attached hydrogens (tertiary/aromatic N) is 1. The van der Waals surface area contributed by atoms with Gasteiger partial charge in [0, 0.05) is 23.7 Å². The Morgan fingerprint density at radius 3 is 2.56 bits per heavy atom. The van der Waals surface area contributed by atoms with E-state index in [1.54, 1.807) is 12.1 Å². The summed E-state index contributed by atoms with van der Waals surface area (Å²) in [7, 11) is -3.55. The molecule has 0 saturated heterocycles. The zero-order valence-electron chi connectivity index (χ0n) is 16.4. The number of carbonyl (C=O) groups excluding carboxylic acids is 1. The summed E-state index contributed by atoms with van der Waals surface area (Å²) >= 11 is 0. The lowest BCUT2D eigenvalue weighted by Gasteiger charge is -2.34. The number of hydrogen-bond donors (Lipinski definition) is 1. The molecular weight excluding hydrogens is 360 g/mol. The van der Waals surface area contributed by atoms with Crippen molar-refractivity contribution in [3.63, 3.8) is 0 Å². The largest absolute Gasteiger partial charge is 0.309 e. The van der Waals surface area contributed by atoms with Gasteiger partial charge in [0.05, 0.1) is 4.90 Å². The van der Waals surface area contributed by atoms with Crippen LogP contribution in [0.25, 0.3) is 0 Å². The first kappa shape index (κ1) is 18.9. The lowest BCUT2D eigenvalue weighted by Crippen LogP contribution is -2.43. The standard InChI is InChI=1S/C21H30N2O3S/c1-13-5-4-6-19(15(13)3)22-27(25,26)18-9-10-20-17(12-18)11-14(2)23(20)21(24)16-7-8-16/h9-10,12-16,19,22H,4-8,11H2,1-3H3/t13-,14+,15+,19+/m1/s1. The molecular formula is C21H30N2O3S. The predicted octanol–water partition coefficient (Wildman–Crippen LogP) is 3.48. The SMILES string of the molecule is C[C@H]1[C@H](C)CCC[C@@H]1NS(=O)(=O)c1ccc2c(c1)C[C@H](C)N2C(=O)C1CC1. The van der Waals surface area contributed by atoms with Crippen LogP contribution in [0, 0.1) is 17.8 Å². The fraction of sp³-hybridized carbons (Fsp3) is 0.667. The second-order valence-electron chi connectivity index (χ2n) is 8.82. The van der Waals surface area contributed by atoms with Gasteiger partial charge in [-0.2, -0.15) is 0 Å². The highest BCUT2D eigenvalue weighted by Gasteiger charge is 2.40. The zero-order chi connectivity index (χ0) is 19.3. The molecule has 2 saturated carbocycles. The van der Waals surface area contributed by atoms with Crippen LogP contribution in [0.2, 0.25) is 0 Å². The molecule has 1 aromatic carbocycles. The van der Waals surface area contributed by atoms with Crippen molar-refractivity contribution in [1.82, 2.24) is 4.72 Å². The van der Waals surface area contributed by atoms with Crippen LogP contribution in [-0.2, 0) is 21.2 Å². The van der Waals surface area contributed by atoms with Gasteiger partial charge in [-0.1, -0.05) is 26.7 Å². The lowest BCUT2D eigenvalue weighted by atomic mass is 9.78. The molecule has 0 radical (unpaired) electrons. The molecule has 148 valence electrons. The van der Waals surface area contributed by atoms with Gasteiger partial charge in [-0.05, 0) is 68.2 Å². The van der Waals surface area contributed by atoms with Crippen molar-refractivity contribution in [3.8, 4) is 0 Å². The summed E-state index contributed by atoms with van der Waals surface area (Å²) in [5, 5.41) is 0. The molecule has 4 rings (SSSR count). The number of rotatable bonds is 4. The number of hydrogen-bond acceptors (Lipinski definition) is 3. The molecule has 1 aromatic rings. The zero-order valence-corrected chi connectivity index (χ0v) is 17.3. The highest BCUT2D eigenvalue weighted by Crippen LogP contribution is 2.39. The Morgan fingerprint density at radius 2 is 1.85 bits per heavy atom. The summed E-state index contributed by atoms with van der Waals surface area (Å²) < 4.78 is 28.9. The van der Waals surface area contributed by atoms with Gasteiger partial charge in [0.1, 0.15) is 0 Å². The summed E-state index contributed by atoms with van der Waals surface area (Å²) in [4.78, 5) is 14.8. The Kier molecular flexibility index (Phi) is 4.83. The minimum Gasteiger partial charge on any atom is -0.309 e. The van der Waals surface area contributed by atoms with E-state index < -0.39 is 10.0 Å². The van der Waals surface area contributed by atoms with Crippen LogP contribution in [-0.4, -0.2) is 26.4 Å². The second kappa shape index (κ2) is 6.89. The molecule has 2 aliphatic carbocycles. The van der Waals surface area contributed by atoms with Gasteiger partial charge in [-0.25, -0.2) is 13.1 Å². The molecule has 1 N–H and O–H groups in total. The molecule has 0 bridgehead atoms. The molecule has 6 heteroatoms. The third-order valence-corrected chi connectivity index (χ3v) is 8.24. The van der Waals surface area contributed by atoms with Gasteiger partial charge in [0.2, 0.25) is 15.9 Å². The molecule has 3 aliphatic rings. The highest BCUT2D eigenvalue weighted by molar-refractivity contribution is 7.89. The molecule has 1 aliphatic heterocycles. The van der Waals surface area contributed by atoms with Gasteiger partial charge in [-0.15, -0.1) is 0 Å². The van der Waals surface area contributed by atoms with Crippen LogP contribution >= 0.6 is 0 Å². The number of nitrogens with one attached hydrogen (secondary N) is 1. The van der Waals surface area contributed by atoms with Gasteiger partial charge in [-0.3, -0.25) is 4.79 Å². The summed E-state index contributed by atoms with van der Waals surface area (Å²) in [6.45, 7) is 6.38. The van der Waals surface area contributed by atoms with E-state index in [1.165, 1.54) is 6.42 Å². The number of anilines is 1. The number of amides is 1. The number of benzene rings is 1. The van der Waals surface area contributed by atoms with E-state index in [0.717, 1.165) is 36.9 Å². The third kappa shape index (κ3) is 3.54. The van der Waals surface area contributed by atoms with Crippen molar-refractivity contribution in [2.45, 2.75) is 76.3 Å². The summed E-state index contributed by atoms with van der Waals surface area (Å²) in [5.74, 6) is 1.24. The first-order chi connectivity index (χ1) is 12.8. The maximum absolute atomic E-state index is 13.0.